The molecule has 1 N–H and O–H groups in total. The zero-order chi connectivity index (χ0) is 14.9. The van der Waals surface area contributed by atoms with Crippen molar-refractivity contribution in [2.24, 2.45) is 0 Å². The molecule has 1 aromatic carbocycles. The Morgan fingerprint density at radius 2 is 2.05 bits per heavy atom. The van der Waals surface area contributed by atoms with Gasteiger partial charge in [0, 0.05) is 11.4 Å². The zero-order valence-electron chi connectivity index (χ0n) is 11.6. The van der Waals surface area contributed by atoms with Gasteiger partial charge >= 0.3 is 0 Å². The van der Waals surface area contributed by atoms with Crippen LogP contribution in [-0.4, -0.2) is 17.1 Å². The lowest BCUT2D eigenvalue weighted by Gasteiger charge is -1.96. The number of nitrogens with one attached hydrogen (secondary N) is 1. The number of methoxy groups -OCH3 is 1. The minimum absolute atomic E-state index is 0.818. The number of nitrogens with zero attached hydrogens (tertiary/aromatic N) is 2. The van der Waals surface area contributed by atoms with Gasteiger partial charge in [0.05, 0.1) is 27.9 Å². The fourth-order valence-corrected chi connectivity index (χ4v) is 4.43. The summed E-state index contributed by atoms with van der Waals surface area (Å²) in [5.41, 5.74) is 1.94. The highest BCUT2D eigenvalue weighted by Crippen LogP contribution is 2.33. The minimum Gasteiger partial charge on any atom is -0.497 e. The molecule has 3 aromatic heterocycles. The summed E-state index contributed by atoms with van der Waals surface area (Å²) < 4.78 is 6.35. The van der Waals surface area contributed by atoms with E-state index in [2.05, 4.69) is 32.1 Å². The summed E-state index contributed by atoms with van der Waals surface area (Å²) in [4.78, 5) is 10.4. The fourth-order valence-electron chi connectivity index (χ4n) is 2.05. The molecule has 0 saturated heterocycles. The zero-order valence-corrected chi connectivity index (χ0v) is 14.0. The van der Waals surface area contributed by atoms with Crippen LogP contribution in [0.1, 0.15) is 0 Å². The van der Waals surface area contributed by atoms with Crippen LogP contribution in [0, 0.1) is 0 Å². The SMILES string of the molecule is COc1ccc2sc(Nc3nc(-c4cccs4)cs3)nc2c1. The number of thiazole rings is 2. The van der Waals surface area contributed by atoms with Crippen molar-refractivity contribution in [1.82, 2.24) is 9.97 Å². The Balaban J connectivity index is 1.60. The molecule has 0 aliphatic rings. The van der Waals surface area contributed by atoms with Gasteiger partial charge in [-0.3, -0.25) is 0 Å². The summed E-state index contributed by atoms with van der Waals surface area (Å²) >= 11 is 4.89. The van der Waals surface area contributed by atoms with Crippen molar-refractivity contribution in [3.05, 3.63) is 41.1 Å². The van der Waals surface area contributed by atoms with Crippen LogP contribution >= 0.6 is 34.0 Å². The summed E-state index contributed by atoms with van der Waals surface area (Å²) in [7, 11) is 1.66. The molecule has 0 saturated carbocycles. The van der Waals surface area contributed by atoms with Gasteiger partial charge in [0.1, 0.15) is 5.75 Å². The Morgan fingerprint density at radius 1 is 1.09 bits per heavy atom. The van der Waals surface area contributed by atoms with E-state index in [0.29, 0.717) is 0 Å². The monoisotopic (exact) mass is 345 g/mol. The maximum absolute atomic E-state index is 5.23. The van der Waals surface area contributed by atoms with Gasteiger partial charge in [-0.1, -0.05) is 17.4 Å². The molecule has 110 valence electrons. The highest BCUT2D eigenvalue weighted by Gasteiger charge is 2.09. The number of rotatable bonds is 4. The van der Waals surface area contributed by atoms with Gasteiger partial charge in [-0.25, -0.2) is 9.97 Å². The van der Waals surface area contributed by atoms with Crippen molar-refractivity contribution in [1.29, 1.82) is 0 Å². The first kappa shape index (κ1) is 13.7. The molecule has 0 spiro atoms. The van der Waals surface area contributed by atoms with Gasteiger partial charge in [0.2, 0.25) is 0 Å². The molecule has 7 heteroatoms. The quantitative estimate of drug-likeness (QED) is 0.550. The van der Waals surface area contributed by atoms with Crippen LogP contribution in [0.25, 0.3) is 20.8 Å². The second-order valence-electron chi connectivity index (χ2n) is 4.49. The molecule has 22 heavy (non-hydrogen) atoms. The number of aromatic nitrogens is 2. The van der Waals surface area contributed by atoms with Crippen LogP contribution in [0.2, 0.25) is 0 Å². The van der Waals surface area contributed by atoms with E-state index in [4.69, 9.17) is 4.74 Å². The molecule has 0 unspecified atom stereocenters. The summed E-state index contributed by atoms with van der Waals surface area (Å²) in [6, 6.07) is 10.0. The summed E-state index contributed by atoms with van der Waals surface area (Å²) in [6.45, 7) is 0. The lowest BCUT2D eigenvalue weighted by molar-refractivity contribution is 0.415. The molecule has 0 bridgehead atoms. The number of benzene rings is 1. The Hall–Kier alpha value is -1.96. The smallest absolute Gasteiger partial charge is 0.190 e. The molecule has 4 nitrogen and oxygen atoms in total. The second-order valence-corrected chi connectivity index (χ2v) is 7.33. The molecule has 3 heterocycles. The highest BCUT2D eigenvalue weighted by molar-refractivity contribution is 7.22. The summed E-state index contributed by atoms with van der Waals surface area (Å²) in [5.74, 6) is 0.818. The molecule has 0 aliphatic heterocycles. The van der Waals surface area contributed by atoms with E-state index in [-0.39, 0.29) is 0 Å². The van der Waals surface area contributed by atoms with Crippen LogP contribution in [0.5, 0.6) is 5.75 Å². The molecular weight excluding hydrogens is 334 g/mol. The predicted octanol–water partition coefficient (Wildman–Crippen LogP) is 5.23. The maximum atomic E-state index is 5.23. The normalized spacial score (nSPS) is 11.0. The van der Waals surface area contributed by atoms with Gasteiger partial charge < -0.3 is 10.1 Å². The van der Waals surface area contributed by atoms with Crippen LogP contribution in [0.3, 0.4) is 0 Å². The first-order valence-corrected chi connectivity index (χ1v) is 9.10. The van der Waals surface area contributed by atoms with Crippen LogP contribution < -0.4 is 10.1 Å². The van der Waals surface area contributed by atoms with Gasteiger partial charge in [-0.05, 0) is 23.6 Å². The molecule has 0 atom stereocenters. The van der Waals surface area contributed by atoms with Crippen LogP contribution in [-0.2, 0) is 0 Å². The van der Waals surface area contributed by atoms with E-state index in [0.717, 1.165) is 31.9 Å². The number of ether oxygens (including phenoxy) is 1. The average molecular weight is 345 g/mol. The summed E-state index contributed by atoms with van der Waals surface area (Å²) in [5, 5.41) is 9.11. The lowest BCUT2D eigenvalue weighted by atomic mass is 10.3. The van der Waals surface area contributed by atoms with Crippen molar-refractivity contribution in [2.45, 2.75) is 0 Å². The molecule has 0 radical (unpaired) electrons. The lowest BCUT2D eigenvalue weighted by Crippen LogP contribution is -1.87. The topological polar surface area (TPSA) is 47.0 Å². The van der Waals surface area contributed by atoms with Crippen molar-refractivity contribution < 1.29 is 4.74 Å². The van der Waals surface area contributed by atoms with Gasteiger partial charge in [0.25, 0.3) is 0 Å². The van der Waals surface area contributed by atoms with Gasteiger partial charge in [-0.2, -0.15) is 0 Å². The van der Waals surface area contributed by atoms with Gasteiger partial charge in [0.15, 0.2) is 10.3 Å². The Labute approximate surface area is 139 Å². The Morgan fingerprint density at radius 3 is 2.86 bits per heavy atom. The van der Waals surface area contributed by atoms with Crippen molar-refractivity contribution in [2.75, 3.05) is 12.4 Å². The van der Waals surface area contributed by atoms with Crippen LogP contribution in [0.15, 0.2) is 41.1 Å². The highest BCUT2D eigenvalue weighted by atomic mass is 32.1. The Bertz CT molecular complexity index is 911. The molecule has 0 aliphatic carbocycles. The standard InChI is InChI=1S/C15H11N3OS3/c1-19-9-4-5-13-10(7-9)16-15(22-13)18-14-17-11(8-21-14)12-3-2-6-20-12/h2-8H,1H3,(H,16,17,18). The van der Waals surface area contributed by atoms with E-state index in [1.54, 1.807) is 41.1 Å². The molecule has 4 aromatic rings. The Kier molecular flexibility index (Phi) is 3.53. The minimum atomic E-state index is 0.818. The number of thiophene rings is 1. The third-order valence-electron chi connectivity index (χ3n) is 3.09. The van der Waals surface area contributed by atoms with Crippen molar-refractivity contribution >= 4 is 54.5 Å². The molecule has 0 amide bonds. The fraction of sp³-hybridized carbons (Fsp3) is 0.0667. The number of fused-ring (bicyclic) bond motifs is 1. The van der Waals surface area contributed by atoms with E-state index >= 15 is 0 Å². The number of hydrogen-bond donors (Lipinski definition) is 1. The number of anilines is 2. The van der Waals surface area contributed by atoms with E-state index in [9.17, 15) is 0 Å². The van der Waals surface area contributed by atoms with Crippen molar-refractivity contribution in [3.8, 4) is 16.3 Å². The first-order chi connectivity index (χ1) is 10.8. The van der Waals surface area contributed by atoms with Crippen LogP contribution in [0.4, 0.5) is 10.3 Å². The van der Waals surface area contributed by atoms with Gasteiger partial charge in [-0.15, -0.1) is 22.7 Å². The summed E-state index contributed by atoms with van der Waals surface area (Å²) in [6.07, 6.45) is 0. The molecule has 4 rings (SSSR count). The van der Waals surface area contributed by atoms with Crippen molar-refractivity contribution in [3.63, 3.8) is 0 Å². The first-order valence-electron chi connectivity index (χ1n) is 6.53. The molecular formula is C15H11N3OS3. The maximum Gasteiger partial charge on any atom is 0.190 e. The average Bonchev–Trinajstić information content (AvgIpc) is 3.26. The largest absolute Gasteiger partial charge is 0.497 e. The molecule has 0 fully saturated rings. The third kappa shape index (κ3) is 2.58. The third-order valence-corrected chi connectivity index (χ3v) is 5.69. The van der Waals surface area contributed by atoms with E-state index in [1.807, 2.05) is 24.3 Å². The second kappa shape index (κ2) is 5.68. The van der Waals surface area contributed by atoms with E-state index < -0.39 is 0 Å². The predicted molar refractivity (Wildman–Crippen MR) is 94.9 cm³/mol. The number of hydrogen-bond acceptors (Lipinski definition) is 7. The van der Waals surface area contributed by atoms with E-state index in [1.165, 1.54) is 4.88 Å².